The lowest BCUT2D eigenvalue weighted by Gasteiger charge is -2.39. The van der Waals surface area contributed by atoms with E-state index in [9.17, 15) is 4.79 Å². The minimum absolute atomic E-state index is 0.0321. The van der Waals surface area contributed by atoms with E-state index in [1.54, 1.807) is 18.4 Å². The molecule has 0 spiro atoms. The van der Waals surface area contributed by atoms with Crippen LogP contribution in [0.25, 0.3) is 0 Å². The van der Waals surface area contributed by atoms with Crippen molar-refractivity contribution in [3.8, 4) is 0 Å². The van der Waals surface area contributed by atoms with Gasteiger partial charge in [-0.25, -0.2) is 0 Å². The van der Waals surface area contributed by atoms with Crippen molar-refractivity contribution in [1.82, 2.24) is 14.7 Å². The summed E-state index contributed by atoms with van der Waals surface area (Å²) in [6.45, 7) is 10.4. The standard InChI is InChI=1S/C18H29N3O3S/c1-15(18(22)21-7-9-24-10-8-21)20-5-3-19(4-6-20)12-17-11-16(13-23-2)14-25-17/h11,14-15H,3-10,12-13H2,1-2H3. The van der Waals surface area contributed by atoms with Crippen molar-refractivity contribution in [1.29, 1.82) is 0 Å². The van der Waals surface area contributed by atoms with E-state index in [-0.39, 0.29) is 11.9 Å². The number of piperazine rings is 1. The summed E-state index contributed by atoms with van der Waals surface area (Å²) in [6.07, 6.45) is 0. The number of hydrogen-bond acceptors (Lipinski definition) is 6. The number of carbonyl (C=O) groups is 1. The minimum Gasteiger partial charge on any atom is -0.380 e. The third-order valence-corrected chi connectivity index (χ3v) is 6.00. The zero-order valence-corrected chi connectivity index (χ0v) is 16.1. The molecule has 140 valence electrons. The van der Waals surface area contributed by atoms with Crippen molar-refractivity contribution < 1.29 is 14.3 Å². The highest BCUT2D eigenvalue weighted by atomic mass is 32.1. The van der Waals surface area contributed by atoms with E-state index in [1.165, 1.54) is 10.4 Å². The average molecular weight is 368 g/mol. The summed E-state index contributed by atoms with van der Waals surface area (Å²) < 4.78 is 10.5. The Bertz CT molecular complexity index is 552. The lowest BCUT2D eigenvalue weighted by Crippen LogP contribution is -2.55. The second-order valence-electron chi connectivity index (χ2n) is 6.78. The number of amides is 1. The highest BCUT2D eigenvalue weighted by Crippen LogP contribution is 2.19. The van der Waals surface area contributed by atoms with Gasteiger partial charge in [-0.3, -0.25) is 14.6 Å². The number of methoxy groups -OCH3 is 1. The summed E-state index contributed by atoms with van der Waals surface area (Å²) in [5.41, 5.74) is 1.26. The Balaban J connectivity index is 1.45. The molecule has 3 heterocycles. The van der Waals surface area contributed by atoms with Crippen molar-refractivity contribution in [3.63, 3.8) is 0 Å². The summed E-state index contributed by atoms with van der Waals surface area (Å²) in [5.74, 6) is 0.249. The van der Waals surface area contributed by atoms with Crippen molar-refractivity contribution in [2.24, 2.45) is 0 Å². The monoisotopic (exact) mass is 367 g/mol. The van der Waals surface area contributed by atoms with Gasteiger partial charge in [0, 0.05) is 57.8 Å². The van der Waals surface area contributed by atoms with Crippen LogP contribution in [-0.2, 0) is 27.4 Å². The van der Waals surface area contributed by atoms with Gasteiger partial charge in [-0.05, 0) is 23.9 Å². The normalized spacial score (nSPS) is 21.4. The number of nitrogens with zero attached hydrogens (tertiary/aromatic N) is 3. The Morgan fingerprint density at radius 3 is 2.64 bits per heavy atom. The molecule has 0 radical (unpaired) electrons. The smallest absolute Gasteiger partial charge is 0.239 e. The first-order chi connectivity index (χ1) is 12.2. The molecule has 0 aromatic carbocycles. The van der Waals surface area contributed by atoms with Gasteiger partial charge in [0.15, 0.2) is 0 Å². The maximum Gasteiger partial charge on any atom is 0.239 e. The number of rotatable bonds is 6. The number of hydrogen-bond donors (Lipinski definition) is 0. The van der Waals surface area contributed by atoms with Gasteiger partial charge < -0.3 is 14.4 Å². The Kier molecular flexibility index (Phi) is 6.84. The van der Waals surface area contributed by atoms with Crippen LogP contribution >= 0.6 is 11.3 Å². The van der Waals surface area contributed by atoms with Crippen molar-refractivity contribution in [3.05, 3.63) is 21.9 Å². The molecule has 1 aromatic rings. The van der Waals surface area contributed by atoms with Crippen LogP contribution in [0.15, 0.2) is 11.4 Å². The Labute approximate surface area is 154 Å². The van der Waals surface area contributed by atoms with E-state index in [0.717, 1.165) is 45.8 Å². The highest BCUT2D eigenvalue weighted by molar-refractivity contribution is 7.10. The van der Waals surface area contributed by atoms with Gasteiger partial charge in [0.1, 0.15) is 0 Å². The second kappa shape index (κ2) is 9.09. The lowest BCUT2D eigenvalue weighted by molar-refractivity contribution is -0.141. The van der Waals surface area contributed by atoms with Crippen LogP contribution < -0.4 is 0 Å². The maximum atomic E-state index is 12.6. The first-order valence-electron chi connectivity index (χ1n) is 9.05. The molecule has 1 atom stereocenters. The van der Waals surface area contributed by atoms with Gasteiger partial charge in [0.2, 0.25) is 5.91 Å². The van der Waals surface area contributed by atoms with Crippen LogP contribution in [0.2, 0.25) is 0 Å². The molecule has 0 saturated carbocycles. The second-order valence-corrected chi connectivity index (χ2v) is 7.78. The molecule has 1 unspecified atom stereocenters. The summed E-state index contributed by atoms with van der Waals surface area (Å²) in [4.78, 5) is 20.8. The molecule has 0 aliphatic carbocycles. The van der Waals surface area contributed by atoms with Crippen molar-refractivity contribution in [2.45, 2.75) is 26.1 Å². The van der Waals surface area contributed by atoms with E-state index in [1.807, 2.05) is 11.8 Å². The van der Waals surface area contributed by atoms with Crippen LogP contribution in [0, 0.1) is 0 Å². The van der Waals surface area contributed by atoms with Crippen molar-refractivity contribution in [2.75, 3.05) is 59.6 Å². The Morgan fingerprint density at radius 1 is 1.24 bits per heavy atom. The zero-order valence-electron chi connectivity index (χ0n) is 15.3. The molecule has 2 saturated heterocycles. The van der Waals surface area contributed by atoms with Gasteiger partial charge in [0.05, 0.1) is 25.9 Å². The largest absolute Gasteiger partial charge is 0.380 e. The van der Waals surface area contributed by atoms with Gasteiger partial charge in [-0.15, -0.1) is 11.3 Å². The number of thiophene rings is 1. The molecule has 1 amide bonds. The molecular weight excluding hydrogens is 338 g/mol. The van der Waals surface area contributed by atoms with Gasteiger partial charge in [0.25, 0.3) is 0 Å². The predicted molar refractivity (Wildman–Crippen MR) is 98.7 cm³/mol. The minimum atomic E-state index is -0.0321. The molecule has 0 N–H and O–H groups in total. The topological polar surface area (TPSA) is 45.2 Å². The van der Waals surface area contributed by atoms with E-state index in [2.05, 4.69) is 21.2 Å². The fourth-order valence-electron chi connectivity index (χ4n) is 3.48. The molecule has 25 heavy (non-hydrogen) atoms. The number of carbonyl (C=O) groups excluding carboxylic acids is 1. The predicted octanol–water partition coefficient (Wildman–Crippen LogP) is 1.26. The summed E-state index contributed by atoms with van der Waals surface area (Å²) in [6, 6.07) is 2.21. The summed E-state index contributed by atoms with van der Waals surface area (Å²) in [7, 11) is 1.73. The lowest BCUT2D eigenvalue weighted by atomic mass is 10.2. The molecule has 1 aromatic heterocycles. The molecular formula is C18H29N3O3S. The first kappa shape index (κ1) is 18.8. The van der Waals surface area contributed by atoms with Crippen LogP contribution in [0.5, 0.6) is 0 Å². The van der Waals surface area contributed by atoms with Gasteiger partial charge >= 0.3 is 0 Å². The molecule has 2 aliphatic rings. The van der Waals surface area contributed by atoms with Crippen molar-refractivity contribution >= 4 is 17.2 Å². The van der Waals surface area contributed by atoms with Gasteiger partial charge in [-0.1, -0.05) is 0 Å². The average Bonchev–Trinajstić information content (AvgIpc) is 3.09. The number of morpholine rings is 1. The summed E-state index contributed by atoms with van der Waals surface area (Å²) in [5, 5.41) is 2.18. The fourth-order valence-corrected chi connectivity index (χ4v) is 4.40. The van der Waals surface area contributed by atoms with E-state index < -0.39 is 0 Å². The van der Waals surface area contributed by atoms with Gasteiger partial charge in [-0.2, -0.15) is 0 Å². The maximum absolute atomic E-state index is 12.6. The summed E-state index contributed by atoms with van der Waals surface area (Å²) >= 11 is 1.81. The van der Waals surface area contributed by atoms with E-state index in [0.29, 0.717) is 19.8 Å². The highest BCUT2D eigenvalue weighted by Gasteiger charge is 2.29. The quantitative estimate of drug-likeness (QED) is 0.757. The third-order valence-electron chi connectivity index (χ3n) is 5.03. The van der Waals surface area contributed by atoms with Crippen LogP contribution in [0.3, 0.4) is 0 Å². The Morgan fingerprint density at radius 2 is 1.96 bits per heavy atom. The van der Waals surface area contributed by atoms with Crippen LogP contribution in [0.1, 0.15) is 17.4 Å². The number of ether oxygens (including phenoxy) is 2. The fraction of sp³-hybridized carbons (Fsp3) is 0.722. The molecule has 2 aliphatic heterocycles. The SMILES string of the molecule is COCc1csc(CN2CCN(C(C)C(=O)N3CCOCC3)CC2)c1. The molecule has 2 fully saturated rings. The zero-order chi connectivity index (χ0) is 17.6. The first-order valence-corrected chi connectivity index (χ1v) is 9.93. The van der Waals surface area contributed by atoms with E-state index in [4.69, 9.17) is 9.47 Å². The molecule has 7 heteroatoms. The molecule has 3 rings (SSSR count). The molecule has 0 bridgehead atoms. The molecule has 6 nitrogen and oxygen atoms in total. The van der Waals surface area contributed by atoms with Crippen LogP contribution in [-0.4, -0.2) is 86.2 Å². The van der Waals surface area contributed by atoms with Crippen LogP contribution in [0.4, 0.5) is 0 Å². The van der Waals surface area contributed by atoms with E-state index >= 15 is 0 Å². The third kappa shape index (κ3) is 5.01. The Hall–Kier alpha value is -0.990.